The van der Waals surface area contributed by atoms with Gasteiger partial charge in [-0.25, -0.2) is 0 Å². The summed E-state index contributed by atoms with van der Waals surface area (Å²) in [7, 11) is 0. The van der Waals surface area contributed by atoms with Crippen LogP contribution in [-0.2, 0) is 21.7 Å². The predicted octanol–water partition coefficient (Wildman–Crippen LogP) is 15.4. The molecule has 2 aliphatic heterocycles. The molecule has 0 saturated carbocycles. The maximum atomic E-state index is 2.69. The third kappa shape index (κ3) is 6.23. The summed E-state index contributed by atoms with van der Waals surface area (Å²) in [4.78, 5) is 5.38. The normalized spacial score (nSPS) is 16.7. The van der Waals surface area contributed by atoms with Crippen LogP contribution in [0.3, 0.4) is 0 Å². The van der Waals surface area contributed by atoms with E-state index in [0.717, 1.165) is 12.8 Å². The highest BCUT2D eigenvalue weighted by Gasteiger charge is 2.48. The monoisotopic (exact) mass is 868 g/mol. The smallest absolute Gasteiger partial charge is 0.252 e. The minimum atomic E-state index is -0.141. The van der Waals surface area contributed by atoms with Crippen LogP contribution in [-0.4, -0.2) is 6.71 Å². The molecule has 3 heteroatoms. The third-order valence-corrected chi connectivity index (χ3v) is 16.4. The van der Waals surface area contributed by atoms with E-state index >= 15 is 0 Å². The zero-order valence-corrected chi connectivity index (χ0v) is 41.0. The van der Waals surface area contributed by atoms with E-state index in [2.05, 4.69) is 243 Å². The number of fused-ring (bicyclic) bond motifs is 8. The van der Waals surface area contributed by atoms with Crippen molar-refractivity contribution in [3.8, 4) is 33.4 Å². The molecule has 12 rings (SSSR count). The molecule has 8 aromatic carbocycles. The first-order valence-corrected chi connectivity index (χ1v) is 24.6. The van der Waals surface area contributed by atoms with Gasteiger partial charge in [0.25, 0.3) is 6.71 Å². The van der Waals surface area contributed by atoms with Crippen molar-refractivity contribution in [1.29, 1.82) is 0 Å². The second-order valence-corrected chi connectivity index (χ2v) is 22.9. The zero-order chi connectivity index (χ0) is 46.4. The molecule has 0 bridgehead atoms. The summed E-state index contributed by atoms with van der Waals surface area (Å²) < 4.78 is 0. The van der Waals surface area contributed by atoms with Crippen molar-refractivity contribution in [1.82, 2.24) is 0 Å². The Bertz CT molecular complexity index is 3330. The lowest BCUT2D eigenvalue weighted by atomic mass is 9.33. The van der Waals surface area contributed by atoms with Crippen molar-refractivity contribution in [3.63, 3.8) is 0 Å². The molecule has 0 fully saturated rings. The fourth-order valence-corrected chi connectivity index (χ4v) is 12.4. The second-order valence-electron chi connectivity index (χ2n) is 22.9. The first kappa shape index (κ1) is 41.8. The van der Waals surface area contributed by atoms with Gasteiger partial charge in [0.1, 0.15) is 0 Å². The molecular weight excluding hydrogens is 808 g/mol. The van der Waals surface area contributed by atoms with Crippen LogP contribution in [0, 0.1) is 6.92 Å². The van der Waals surface area contributed by atoms with Crippen molar-refractivity contribution in [3.05, 3.63) is 197 Å². The van der Waals surface area contributed by atoms with Gasteiger partial charge in [0.05, 0.1) is 5.69 Å². The van der Waals surface area contributed by atoms with Gasteiger partial charge in [0.15, 0.2) is 0 Å². The molecule has 2 nitrogen and oxygen atoms in total. The van der Waals surface area contributed by atoms with Gasteiger partial charge in [0.2, 0.25) is 0 Å². The summed E-state index contributed by atoms with van der Waals surface area (Å²) in [6, 6.07) is 63.0. The molecule has 0 radical (unpaired) electrons. The Morgan fingerprint density at radius 3 is 1.61 bits per heavy atom. The fourth-order valence-electron chi connectivity index (χ4n) is 12.4. The van der Waals surface area contributed by atoms with E-state index in [0.29, 0.717) is 0 Å². The summed E-state index contributed by atoms with van der Waals surface area (Å²) >= 11 is 0. The van der Waals surface area contributed by atoms with Gasteiger partial charge in [-0.05, 0) is 150 Å². The Balaban J connectivity index is 1.24. The molecular formula is C64H61BN2. The van der Waals surface area contributed by atoms with E-state index in [4.69, 9.17) is 0 Å². The van der Waals surface area contributed by atoms with Crippen LogP contribution in [0.2, 0.25) is 0 Å². The molecule has 67 heavy (non-hydrogen) atoms. The van der Waals surface area contributed by atoms with Crippen molar-refractivity contribution >= 4 is 57.2 Å². The summed E-state index contributed by atoms with van der Waals surface area (Å²) in [5.74, 6) is 0. The van der Waals surface area contributed by atoms with Crippen LogP contribution in [0.5, 0.6) is 0 Å². The SMILES string of the molecule is Cc1ccc(-c2ccccc2)cc1N1c2cc3c(cc2B2c4ccc(-c5ccccc5)cc4N(c4cccc5c4-c4ccccc4C5(C)C)c4cc(C(C)(C)C)cc1c42)C(C)(C)CCC3(C)C. The van der Waals surface area contributed by atoms with Gasteiger partial charge in [0, 0.05) is 39.4 Å². The van der Waals surface area contributed by atoms with E-state index in [1.165, 1.54) is 117 Å². The lowest BCUT2D eigenvalue weighted by molar-refractivity contribution is 0.332. The molecule has 8 aromatic rings. The standard InChI is InChI=1S/C64H61BN2/c1-40-28-29-43(41-20-13-11-14-21-41)34-54(40)67-56-39-50-49(62(5,6)32-33-63(50,7)8)38-52(56)65-51-31-30-44(42-22-15-12-16-23-42)35-55(51)66(57-36-45(61(2,3)4)37-58(67)60(57)65)53-27-19-26-48-59(53)46-24-17-18-25-47(46)64(48,9)10/h11-31,34-39H,32-33H2,1-10H3. The van der Waals surface area contributed by atoms with Gasteiger partial charge in [-0.1, -0.05) is 190 Å². The summed E-state index contributed by atoms with van der Waals surface area (Å²) in [6.45, 7) is 24.2. The second kappa shape index (κ2) is 14.5. The van der Waals surface area contributed by atoms with Gasteiger partial charge in [-0.3, -0.25) is 0 Å². The van der Waals surface area contributed by atoms with Crippen LogP contribution in [0.1, 0.15) is 109 Å². The Kier molecular flexibility index (Phi) is 9.03. The highest BCUT2D eigenvalue weighted by atomic mass is 15.2. The molecule has 2 heterocycles. The van der Waals surface area contributed by atoms with Gasteiger partial charge < -0.3 is 9.80 Å². The number of nitrogens with zero attached hydrogens (tertiary/aromatic N) is 2. The third-order valence-electron chi connectivity index (χ3n) is 16.4. The Labute approximate surface area is 399 Å². The van der Waals surface area contributed by atoms with Crippen LogP contribution < -0.4 is 26.2 Å². The highest BCUT2D eigenvalue weighted by Crippen LogP contribution is 2.56. The van der Waals surface area contributed by atoms with E-state index in [1.54, 1.807) is 0 Å². The summed E-state index contributed by atoms with van der Waals surface area (Å²) in [6.07, 6.45) is 2.32. The molecule has 4 aliphatic rings. The molecule has 0 unspecified atom stereocenters. The lowest BCUT2D eigenvalue weighted by Crippen LogP contribution is -2.62. The minimum Gasteiger partial charge on any atom is -0.311 e. The Morgan fingerprint density at radius 1 is 0.433 bits per heavy atom. The van der Waals surface area contributed by atoms with Crippen molar-refractivity contribution in [2.45, 2.75) is 104 Å². The highest BCUT2D eigenvalue weighted by molar-refractivity contribution is 7.00. The first-order valence-electron chi connectivity index (χ1n) is 24.6. The van der Waals surface area contributed by atoms with E-state index in [9.17, 15) is 0 Å². The maximum Gasteiger partial charge on any atom is 0.252 e. The molecule has 0 spiro atoms. The van der Waals surface area contributed by atoms with Gasteiger partial charge >= 0.3 is 0 Å². The average molecular weight is 869 g/mol. The van der Waals surface area contributed by atoms with Crippen molar-refractivity contribution < 1.29 is 0 Å². The molecule has 0 atom stereocenters. The molecule has 2 aliphatic carbocycles. The number of benzene rings is 8. The van der Waals surface area contributed by atoms with Crippen molar-refractivity contribution in [2.75, 3.05) is 9.80 Å². The maximum absolute atomic E-state index is 2.69. The lowest BCUT2D eigenvalue weighted by Gasteiger charge is -2.48. The number of hydrogen-bond acceptors (Lipinski definition) is 2. The van der Waals surface area contributed by atoms with Crippen LogP contribution >= 0.6 is 0 Å². The summed E-state index contributed by atoms with van der Waals surface area (Å²) in [5, 5.41) is 0. The summed E-state index contributed by atoms with van der Waals surface area (Å²) in [5.41, 5.74) is 27.4. The van der Waals surface area contributed by atoms with Crippen LogP contribution in [0.25, 0.3) is 33.4 Å². The number of aryl methyl sites for hydroxylation is 1. The van der Waals surface area contributed by atoms with E-state index < -0.39 is 0 Å². The Hall–Kier alpha value is -6.58. The predicted molar refractivity (Wildman–Crippen MR) is 288 cm³/mol. The van der Waals surface area contributed by atoms with Gasteiger partial charge in [-0.15, -0.1) is 0 Å². The average Bonchev–Trinajstić information content (AvgIpc) is 3.56. The topological polar surface area (TPSA) is 6.48 Å². The van der Waals surface area contributed by atoms with Crippen LogP contribution in [0.15, 0.2) is 164 Å². The minimum absolute atomic E-state index is 0.00517. The molecule has 0 aromatic heterocycles. The fraction of sp³-hybridized carbons (Fsp3) is 0.250. The molecule has 330 valence electrons. The first-order chi connectivity index (χ1) is 32.0. The van der Waals surface area contributed by atoms with Crippen LogP contribution in [0.4, 0.5) is 34.1 Å². The number of rotatable bonds is 4. The number of anilines is 6. The van der Waals surface area contributed by atoms with E-state index in [1.807, 2.05) is 0 Å². The zero-order valence-electron chi connectivity index (χ0n) is 41.0. The molecule has 0 N–H and O–H groups in total. The quantitative estimate of drug-likeness (QED) is 0.163. The van der Waals surface area contributed by atoms with Gasteiger partial charge in [-0.2, -0.15) is 0 Å². The number of hydrogen-bond donors (Lipinski definition) is 0. The van der Waals surface area contributed by atoms with E-state index in [-0.39, 0.29) is 28.4 Å². The van der Waals surface area contributed by atoms with Crippen molar-refractivity contribution in [2.24, 2.45) is 0 Å². The Morgan fingerprint density at radius 2 is 0.970 bits per heavy atom. The molecule has 0 saturated heterocycles. The largest absolute Gasteiger partial charge is 0.311 e. The molecule has 0 amide bonds.